The quantitative estimate of drug-likeness (QED) is 0.397. The van der Waals surface area contributed by atoms with Crippen LogP contribution in [0.1, 0.15) is 31.2 Å². The van der Waals surface area contributed by atoms with Crippen LogP contribution in [0.25, 0.3) is 0 Å². The van der Waals surface area contributed by atoms with Gasteiger partial charge in [-0.25, -0.2) is 8.42 Å². The second kappa shape index (κ2) is 12.5. The van der Waals surface area contributed by atoms with Crippen molar-refractivity contribution in [3.8, 4) is 0 Å². The van der Waals surface area contributed by atoms with Gasteiger partial charge in [0.05, 0.1) is 24.7 Å². The van der Waals surface area contributed by atoms with Crippen LogP contribution in [0.5, 0.6) is 0 Å². The second-order valence-corrected chi connectivity index (χ2v) is 9.69. The molecule has 0 spiro atoms. The number of morpholine rings is 1. The molecule has 1 aliphatic heterocycles. The van der Waals surface area contributed by atoms with E-state index in [0.29, 0.717) is 45.0 Å². The molecule has 2 aromatic carbocycles. The van der Waals surface area contributed by atoms with Crippen molar-refractivity contribution < 1.29 is 27.5 Å². The molecule has 1 heterocycles. The zero-order chi connectivity index (χ0) is 23.5. The van der Waals surface area contributed by atoms with Crippen molar-refractivity contribution in [2.45, 2.75) is 37.0 Å². The molecule has 178 valence electrons. The first-order valence-corrected chi connectivity index (χ1v) is 12.6. The Morgan fingerprint density at radius 1 is 0.939 bits per heavy atom. The highest BCUT2D eigenvalue weighted by Crippen LogP contribution is 2.19. The molecule has 0 bridgehead atoms. The van der Waals surface area contributed by atoms with Gasteiger partial charge in [0, 0.05) is 31.6 Å². The third-order valence-electron chi connectivity index (χ3n) is 5.25. The molecule has 1 fully saturated rings. The first-order chi connectivity index (χ1) is 15.9. The van der Waals surface area contributed by atoms with Crippen LogP contribution in [0.4, 0.5) is 5.69 Å². The van der Waals surface area contributed by atoms with Crippen molar-refractivity contribution in [3.63, 3.8) is 0 Å². The lowest BCUT2D eigenvalue weighted by Crippen LogP contribution is -2.40. The van der Waals surface area contributed by atoms with Gasteiger partial charge in [-0.05, 0) is 49.1 Å². The van der Waals surface area contributed by atoms with Gasteiger partial charge in [0.25, 0.3) is 0 Å². The van der Waals surface area contributed by atoms with E-state index in [4.69, 9.17) is 9.47 Å². The molecule has 8 nitrogen and oxygen atoms in total. The number of sulfonamides is 1. The maximum absolute atomic E-state index is 12.6. The fraction of sp³-hybridized carbons (Fsp3) is 0.417. The first kappa shape index (κ1) is 24.9. The van der Waals surface area contributed by atoms with Crippen LogP contribution in [-0.2, 0) is 35.5 Å². The molecule has 0 radical (unpaired) electrons. The van der Waals surface area contributed by atoms with Crippen LogP contribution >= 0.6 is 0 Å². The summed E-state index contributed by atoms with van der Waals surface area (Å²) in [4.78, 5) is 24.1. The van der Waals surface area contributed by atoms with Gasteiger partial charge in [0.15, 0.2) is 0 Å². The summed E-state index contributed by atoms with van der Waals surface area (Å²) in [5.41, 5.74) is 1.71. The fourth-order valence-electron chi connectivity index (χ4n) is 3.44. The molecule has 3 rings (SSSR count). The lowest BCUT2D eigenvalue weighted by atomic mass is 10.1. The van der Waals surface area contributed by atoms with Crippen molar-refractivity contribution in [1.29, 1.82) is 0 Å². The summed E-state index contributed by atoms with van der Waals surface area (Å²) in [6.07, 6.45) is 2.34. The number of ether oxygens (including phenoxy) is 2. The number of aryl methyl sites for hydroxylation is 1. The Morgan fingerprint density at radius 3 is 2.33 bits per heavy atom. The smallest absolute Gasteiger partial charge is 0.305 e. The topological polar surface area (TPSA) is 102 Å². The summed E-state index contributed by atoms with van der Waals surface area (Å²) in [6, 6.07) is 16.1. The minimum absolute atomic E-state index is 0.174. The maximum atomic E-state index is 12.6. The monoisotopic (exact) mass is 474 g/mol. The summed E-state index contributed by atoms with van der Waals surface area (Å²) in [5.74, 6) is -0.552. The zero-order valence-electron chi connectivity index (χ0n) is 18.6. The Kier molecular flexibility index (Phi) is 9.41. The Balaban J connectivity index is 1.33. The van der Waals surface area contributed by atoms with Crippen LogP contribution < -0.4 is 5.32 Å². The molecule has 0 aliphatic carbocycles. The predicted octanol–water partition coefficient (Wildman–Crippen LogP) is 2.99. The normalized spacial score (nSPS) is 14.5. The molecular weight excluding hydrogens is 444 g/mol. The number of amides is 1. The number of hydrogen-bond donors (Lipinski definition) is 1. The van der Waals surface area contributed by atoms with Crippen LogP contribution in [0.2, 0.25) is 0 Å². The van der Waals surface area contributed by atoms with Crippen LogP contribution in [0.15, 0.2) is 59.5 Å². The average Bonchev–Trinajstić information content (AvgIpc) is 2.83. The van der Waals surface area contributed by atoms with Crippen molar-refractivity contribution in [3.05, 3.63) is 60.2 Å². The highest BCUT2D eigenvalue weighted by atomic mass is 32.2. The van der Waals surface area contributed by atoms with E-state index in [9.17, 15) is 18.0 Å². The number of carbonyl (C=O) groups is 2. The van der Waals surface area contributed by atoms with Gasteiger partial charge in [-0.2, -0.15) is 4.31 Å². The van der Waals surface area contributed by atoms with E-state index < -0.39 is 10.0 Å². The minimum atomic E-state index is -3.57. The zero-order valence-corrected chi connectivity index (χ0v) is 19.4. The van der Waals surface area contributed by atoms with E-state index in [1.807, 2.05) is 30.3 Å². The number of nitrogens with one attached hydrogen (secondary N) is 1. The highest BCUT2D eigenvalue weighted by Gasteiger charge is 2.26. The molecular formula is C24H30N2O6S. The summed E-state index contributed by atoms with van der Waals surface area (Å²) in [5, 5.41) is 2.72. The van der Waals surface area contributed by atoms with E-state index >= 15 is 0 Å². The Morgan fingerprint density at radius 2 is 1.64 bits per heavy atom. The summed E-state index contributed by atoms with van der Waals surface area (Å²) < 4.78 is 37.1. The third-order valence-corrected chi connectivity index (χ3v) is 7.16. The van der Waals surface area contributed by atoms with Gasteiger partial charge in [0.1, 0.15) is 0 Å². The Bertz CT molecular complexity index is 1000. The molecule has 0 aromatic heterocycles. The maximum Gasteiger partial charge on any atom is 0.305 e. The number of benzene rings is 2. The van der Waals surface area contributed by atoms with E-state index in [2.05, 4.69) is 5.32 Å². The molecule has 0 saturated carbocycles. The summed E-state index contributed by atoms with van der Waals surface area (Å²) in [7, 11) is -3.57. The molecule has 1 aliphatic rings. The third kappa shape index (κ3) is 7.96. The van der Waals surface area contributed by atoms with E-state index in [-0.39, 0.29) is 29.6 Å². The lowest BCUT2D eigenvalue weighted by molar-refractivity contribution is -0.143. The van der Waals surface area contributed by atoms with Gasteiger partial charge in [-0.1, -0.05) is 30.3 Å². The van der Waals surface area contributed by atoms with Crippen molar-refractivity contribution in [1.82, 2.24) is 4.31 Å². The minimum Gasteiger partial charge on any atom is -0.466 e. The molecule has 1 N–H and O–H groups in total. The standard InChI is InChI=1S/C24H30N2O6S/c27-23(9-4-10-24(28)32-17-5-8-20-6-2-1-3-7-20)25-21-11-13-22(14-12-21)33(29,30)26-15-18-31-19-16-26/h1-3,6-7,11-14H,4-5,8-10,15-19H2,(H,25,27). The molecule has 1 saturated heterocycles. The predicted molar refractivity (Wildman–Crippen MR) is 124 cm³/mol. The second-order valence-electron chi connectivity index (χ2n) is 7.75. The SMILES string of the molecule is O=C(CCCC(=O)OCCCc1ccccc1)Nc1ccc(S(=O)(=O)N2CCOCC2)cc1. The number of nitrogens with zero attached hydrogens (tertiary/aromatic N) is 1. The molecule has 0 atom stereocenters. The number of anilines is 1. The summed E-state index contributed by atoms with van der Waals surface area (Å²) in [6.45, 7) is 1.79. The number of esters is 1. The molecule has 33 heavy (non-hydrogen) atoms. The van der Waals surface area contributed by atoms with Crippen LogP contribution in [-0.4, -0.2) is 57.5 Å². The Labute approximate surface area is 194 Å². The molecule has 9 heteroatoms. The first-order valence-electron chi connectivity index (χ1n) is 11.1. The Hall–Kier alpha value is -2.75. The van der Waals surface area contributed by atoms with Gasteiger partial charge in [-0.3, -0.25) is 9.59 Å². The van der Waals surface area contributed by atoms with Crippen molar-refractivity contribution >= 4 is 27.6 Å². The van der Waals surface area contributed by atoms with E-state index in [1.54, 1.807) is 12.1 Å². The number of rotatable bonds is 11. The molecule has 1 amide bonds. The van der Waals surface area contributed by atoms with E-state index in [1.165, 1.54) is 22.0 Å². The number of hydrogen-bond acceptors (Lipinski definition) is 6. The highest BCUT2D eigenvalue weighted by molar-refractivity contribution is 7.89. The molecule has 0 unspecified atom stereocenters. The number of carbonyl (C=O) groups excluding carboxylic acids is 2. The molecule has 2 aromatic rings. The largest absolute Gasteiger partial charge is 0.466 e. The van der Waals surface area contributed by atoms with Gasteiger partial charge < -0.3 is 14.8 Å². The van der Waals surface area contributed by atoms with Gasteiger partial charge in [-0.15, -0.1) is 0 Å². The van der Waals surface area contributed by atoms with Crippen LogP contribution in [0, 0.1) is 0 Å². The fourth-order valence-corrected chi connectivity index (χ4v) is 4.85. The lowest BCUT2D eigenvalue weighted by Gasteiger charge is -2.26. The van der Waals surface area contributed by atoms with Crippen LogP contribution in [0.3, 0.4) is 0 Å². The van der Waals surface area contributed by atoms with Crippen molar-refractivity contribution in [2.75, 3.05) is 38.2 Å². The summed E-state index contributed by atoms with van der Waals surface area (Å²) >= 11 is 0. The van der Waals surface area contributed by atoms with E-state index in [0.717, 1.165) is 12.8 Å². The van der Waals surface area contributed by atoms with Gasteiger partial charge >= 0.3 is 5.97 Å². The van der Waals surface area contributed by atoms with Crippen molar-refractivity contribution in [2.24, 2.45) is 0 Å². The average molecular weight is 475 g/mol. The van der Waals surface area contributed by atoms with Gasteiger partial charge in [0.2, 0.25) is 15.9 Å².